The van der Waals surface area contributed by atoms with Crippen molar-refractivity contribution in [1.82, 2.24) is 13.9 Å². The number of hydrogen-bond acceptors (Lipinski definition) is 4. The van der Waals surface area contributed by atoms with Gasteiger partial charge < -0.3 is 10.3 Å². The SMILES string of the molecule is CCn1cnc(S(=O)(=O)N2CCc3cccc(N)c3C2)c1. The summed E-state index contributed by atoms with van der Waals surface area (Å²) >= 11 is 0. The Morgan fingerprint density at radius 1 is 1.38 bits per heavy atom. The Balaban J connectivity index is 1.93. The average Bonchev–Trinajstić information content (AvgIpc) is 2.97. The van der Waals surface area contributed by atoms with E-state index < -0.39 is 10.0 Å². The predicted molar refractivity (Wildman–Crippen MR) is 80.1 cm³/mol. The smallest absolute Gasteiger partial charge is 0.262 e. The Morgan fingerprint density at radius 3 is 2.90 bits per heavy atom. The molecule has 6 nitrogen and oxygen atoms in total. The summed E-state index contributed by atoms with van der Waals surface area (Å²) in [6, 6.07) is 5.71. The third-order valence-corrected chi connectivity index (χ3v) is 5.58. The van der Waals surface area contributed by atoms with Crippen LogP contribution in [-0.4, -0.2) is 28.8 Å². The summed E-state index contributed by atoms with van der Waals surface area (Å²) < 4.78 is 28.5. The van der Waals surface area contributed by atoms with Crippen molar-refractivity contribution in [2.75, 3.05) is 12.3 Å². The summed E-state index contributed by atoms with van der Waals surface area (Å²) in [5.74, 6) is 0. The molecule has 0 unspecified atom stereocenters. The fourth-order valence-corrected chi connectivity index (χ4v) is 3.91. The number of rotatable bonds is 3. The number of nitrogens with two attached hydrogens (primary N) is 1. The highest BCUT2D eigenvalue weighted by Crippen LogP contribution is 2.27. The lowest BCUT2D eigenvalue weighted by atomic mass is 10.00. The van der Waals surface area contributed by atoms with Crippen LogP contribution < -0.4 is 5.73 Å². The van der Waals surface area contributed by atoms with E-state index >= 15 is 0 Å². The van der Waals surface area contributed by atoms with E-state index in [9.17, 15) is 8.42 Å². The fourth-order valence-electron chi connectivity index (χ4n) is 2.57. The molecule has 1 aromatic heterocycles. The van der Waals surface area contributed by atoms with Crippen molar-refractivity contribution in [3.63, 3.8) is 0 Å². The first-order chi connectivity index (χ1) is 10.0. The molecule has 1 aliphatic heterocycles. The number of aromatic nitrogens is 2. The van der Waals surface area contributed by atoms with Crippen LogP contribution in [0.1, 0.15) is 18.1 Å². The normalized spacial score (nSPS) is 15.9. The molecule has 0 saturated heterocycles. The van der Waals surface area contributed by atoms with Crippen LogP contribution in [0.5, 0.6) is 0 Å². The van der Waals surface area contributed by atoms with Gasteiger partial charge in [-0.2, -0.15) is 4.31 Å². The maximum absolute atomic E-state index is 12.6. The first kappa shape index (κ1) is 14.1. The Hall–Kier alpha value is -1.86. The molecule has 2 heterocycles. The topological polar surface area (TPSA) is 81.2 Å². The Kier molecular flexibility index (Phi) is 3.46. The van der Waals surface area contributed by atoms with Gasteiger partial charge >= 0.3 is 0 Å². The zero-order valence-corrected chi connectivity index (χ0v) is 12.7. The number of hydrogen-bond donors (Lipinski definition) is 1. The van der Waals surface area contributed by atoms with Crippen molar-refractivity contribution in [3.05, 3.63) is 41.9 Å². The lowest BCUT2D eigenvalue weighted by Crippen LogP contribution is -2.36. The zero-order valence-electron chi connectivity index (χ0n) is 11.9. The van der Waals surface area contributed by atoms with E-state index in [1.54, 1.807) is 23.2 Å². The monoisotopic (exact) mass is 306 g/mol. The van der Waals surface area contributed by atoms with Crippen LogP contribution in [0.4, 0.5) is 5.69 Å². The van der Waals surface area contributed by atoms with Gasteiger partial charge in [0.2, 0.25) is 0 Å². The molecule has 0 bridgehead atoms. The Labute approximate surface area is 124 Å². The van der Waals surface area contributed by atoms with E-state index in [4.69, 9.17) is 5.73 Å². The second-order valence-electron chi connectivity index (χ2n) is 5.12. The van der Waals surface area contributed by atoms with E-state index in [1.165, 1.54) is 4.31 Å². The number of nitrogen functional groups attached to an aromatic ring is 1. The standard InChI is InChI=1S/C14H18N4O2S/c1-2-17-9-14(16-10-17)21(19,20)18-7-6-11-4-3-5-13(15)12(11)8-18/h3-5,9-10H,2,6-8,15H2,1H3. The predicted octanol–water partition coefficient (Wildman–Crippen LogP) is 1.23. The van der Waals surface area contributed by atoms with Crippen LogP contribution in [0.2, 0.25) is 0 Å². The highest BCUT2D eigenvalue weighted by atomic mass is 32.2. The van der Waals surface area contributed by atoms with Gasteiger partial charge in [0, 0.05) is 31.5 Å². The minimum Gasteiger partial charge on any atom is -0.398 e. The van der Waals surface area contributed by atoms with Crippen molar-refractivity contribution < 1.29 is 8.42 Å². The number of fused-ring (bicyclic) bond motifs is 1. The third-order valence-electron chi connectivity index (χ3n) is 3.85. The molecule has 0 aliphatic carbocycles. The van der Waals surface area contributed by atoms with Crippen LogP contribution in [-0.2, 0) is 29.5 Å². The summed E-state index contributed by atoms with van der Waals surface area (Å²) in [4.78, 5) is 4.01. The summed E-state index contributed by atoms with van der Waals surface area (Å²) in [5.41, 5.74) is 8.65. The van der Waals surface area contributed by atoms with Crippen molar-refractivity contribution in [2.24, 2.45) is 0 Å². The summed E-state index contributed by atoms with van der Waals surface area (Å²) in [7, 11) is -3.56. The summed E-state index contributed by atoms with van der Waals surface area (Å²) in [6.45, 7) is 3.40. The maximum Gasteiger partial charge on any atom is 0.262 e. The highest BCUT2D eigenvalue weighted by Gasteiger charge is 2.30. The molecule has 0 radical (unpaired) electrons. The van der Waals surface area contributed by atoms with Gasteiger partial charge in [0.15, 0.2) is 5.03 Å². The molecular formula is C14H18N4O2S. The van der Waals surface area contributed by atoms with Gasteiger partial charge in [0.1, 0.15) is 0 Å². The van der Waals surface area contributed by atoms with Gasteiger partial charge in [-0.3, -0.25) is 0 Å². The minimum absolute atomic E-state index is 0.0994. The number of sulfonamides is 1. The average molecular weight is 306 g/mol. The van der Waals surface area contributed by atoms with Gasteiger partial charge in [-0.1, -0.05) is 12.1 Å². The van der Waals surface area contributed by atoms with Crippen LogP contribution >= 0.6 is 0 Å². The van der Waals surface area contributed by atoms with E-state index in [1.807, 2.05) is 19.1 Å². The summed E-state index contributed by atoms with van der Waals surface area (Å²) in [6.07, 6.45) is 3.78. The molecule has 7 heteroatoms. The Bertz CT molecular complexity index is 767. The molecule has 0 saturated carbocycles. The van der Waals surface area contributed by atoms with Gasteiger partial charge in [-0.15, -0.1) is 0 Å². The lowest BCUT2D eigenvalue weighted by Gasteiger charge is -2.28. The van der Waals surface area contributed by atoms with Crippen LogP contribution in [0.3, 0.4) is 0 Å². The second kappa shape index (κ2) is 5.16. The number of benzene rings is 1. The molecule has 1 aliphatic rings. The van der Waals surface area contributed by atoms with Gasteiger partial charge in [-0.05, 0) is 30.5 Å². The van der Waals surface area contributed by atoms with Crippen LogP contribution in [0.25, 0.3) is 0 Å². The van der Waals surface area contributed by atoms with E-state index in [-0.39, 0.29) is 5.03 Å². The lowest BCUT2D eigenvalue weighted by molar-refractivity contribution is 0.390. The maximum atomic E-state index is 12.6. The minimum atomic E-state index is -3.56. The second-order valence-corrected chi connectivity index (χ2v) is 7.00. The van der Waals surface area contributed by atoms with Crippen molar-refractivity contribution in [1.29, 1.82) is 0 Å². The zero-order chi connectivity index (χ0) is 15.0. The quantitative estimate of drug-likeness (QED) is 0.865. The molecular weight excluding hydrogens is 288 g/mol. The first-order valence-corrected chi connectivity index (χ1v) is 8.34. The van der Waals surface area contributed by atoms with Crippen molar-refractivity contribution >= 4 is 15.7 Å². The molecule has 0 spiro atoms. The molecule has 1 aromatic carbocycles. The van der Waals surface area contributed by atoms with Gasteiger partial charge in [0.05, 0.1) is 6.33 Å². The summed E-state index contributed by atoms with van der Waals surface area (Å²) in [5, 5.41) is 0.0994. The number of imidazole rings is 1. The number of nitrogens with zero attached hydrogens (tertiary/aromatic N) is 3. The van der Waals surface area contributed by atoms with E-state index in [0.29, 0.717) is 31.7 Å². The molecule has 0 atom stereocenters. The van der Waals surface area contributed by atoms with Crippen LogP contribution in [0, 0.1) is 0 Å². The molecule has 3 rings (SSSR count). The van der Waals surface area contributed by atoms with E-state index in [2.05, 4.69) is 4.98 Å². The van der Waals surface area contributed by atoms with Crippen molar-refractivity contribution in [2.45, 2.75) is 31.5 Å². The first-order valence-electron chi connectivity index (χ1n) is 6.90. The van der Waals surface area contributed by atoms with Gasteiger partial charge in [-0.25, -0.2) is 13.4 Å². The molecule has 2 N–H and O–H groups in total. The fraction of sp³-hybridized carbons (Fsp3) is 0.357. The largest absolute Gasteiger partial charge is 0.398 e. The molecule has 21 heavy (non-hydrogen) atoms. The number of aryl methyl sites for hydroxylation is 1. The van der Waals surface area contributed by atoms with E-state index in [0.717, 1.165) is 11.1 Å². The number of anilines is 1. The van der Waals surface area contributed by atoms with Crippen LogP contribution in [0.15, 0.2) is 35.7 Å². The third kappa shape index (κ3) is 2.43. The molecule has 112 valence electrons. The van der Waals surface area contributed by atoms with Crippen molar-refractivity contribution in [3.8, 4) is 0 Å². The molecule has 0 fully saturated rings. The molecule has 0 amide bonds. The highest BCUT2D eigenvalue weighted by molar-refractivity contribution is 7.89. The molecule has 2 aromatic rings. The van der Waals surface area contributed by atoms with Gasteiger partial charge in [0.25, 0.3) is 10.0 Å². The Morgan fingerprint density at radius 2 is 2.19 bits per heavy atom.